The van der Waals surface area contributed by atoms with Crippen molar-refractivity contribution in [3.05, 3.63) is 350 Å². The zero-order chi connectivity index (χ0) is 59.0. The molecule has 12 aromatic carbocycles. The van der Waals surface area contributed by atoms with Crippen LogP contribution < -0.4 is 14.7 Å². The van der Waals surface area contributed by atoms with Crippen molar-refractivity contribution < 1.29 is 0 Å². The van der Waals surface area contributed by atoms with Crippen LogP contribution in [0.4, 0.5) is 51.2 Å². The molecule has 0 atom stereocenters. The number of anilines is 9. The maximum Gasteiger partial charge on any atom is 0.0727 e. The average molecular weight is 1110 g/mol. The van der Waals surface area contributed by atoms with Crippen LogP contribution in [0.5, 0.6) is 0 Å². The number of fused-ring (bicyclic) bond motifs is 10. The summed E-state index contributed by atoms with van der Waals surface area (Å²) >= 11 is 0. The van der Waals surface area contributed by atoms with Gasteiger partial charge in [-0.3, -0.25) is 0 Å². The average Bonchev–Trinajstić information content (AvgIpc) is 1.75. The topological polar surface area (TPSA) is 9.72 Å². The number of benzene rings is 12. The zero-order valence-corrected chi connectivity index (χ0v) is 50.7. The maximum atomic E-state index is 2.61. The highest BCUT2D eigenvalue weighted by Gasteiger charge is 2.53. The van der Waals surface area contributed by atoms with Crippen LogP contribution >= 0.6 is 0 Å². The van der Waals surface area contributed by atoms with Gasteiger partial charge in [0.25, 0.3) is 0 Å². The molecule has 86 heavy (non-hydrogen) atoms. The van der Waals surface area contributed by atoms with Gasteiger partial charge in [-0.1, -0.05) is 202 Å². The van der Waals surface area contributed by atoms with E-state index in [-0.39, 0.29) is 0 Å². The van der Waals surface area contributed by atoms with Gasteiger partial charge in [-0.05, 0) is 233 Å². The van der Waals surface area contributed by atoms with Gasteiger partial charge >= 0.3 is 0 Å². The first-order chi connectivity index (χ1) is 41.7. The molecular weight excluding hydrogens is 1040 g/mol. The van der Waals surface area contributed by atoms with Crippen LogP contribution in [0, 0.1) is 55.4 Å². The minimum atomic E-state index is -0.834. The van der Waals surface area contributed by atoms with E-state index < -0.39 is 10.8 Å². The summed E-state index contributed by atoms with van der Waals surface area (Å²) in [5, 5.41) is 0. The smallest absolute Gasteiger partial charge is 0.0727 e. The second-order valence-corrected chi connectivity index (χ2v) is 24.6. The first kappa shape index (κ1) is 54.0. The fourth-order valence-electron chi connectivity index (χ4n) is 13.7. The Hall–Kier alpha value is -9.96. The molecule has 14 rings (SSSR count). The Morgan fingerprint density at radius 3 is 0.640 bits per heavy atom. The van der Waals surface area contributed by atoms with E-state index in [9.17, 15) is 0 Å². The summed E-state index contributed by atoms with van der Waals surface area (Å²) in [6.07, 6.45) is 0. The van der Waals surface area contributed by atoms with Crippen molar-refractivity contribution in [2.75, 3.05) is 14.7 Å². The molecule has 418 valence electrons. The molecule has 0 amide bonds. The molecule has 0 unspecified atom stereocenters. The minimum Gasteiger partial charge on any atom is -0.310 e. The molecule has 1 spiro atoms. The van der Waals surface area contributed by atoms with E-state index >= 15 is 0 Å². The van der Waals surface area contributed by atoms with E-state index in [0.717, 1.165) is 51.2 Å². The summed E-state index contributed by atoms with van der Waals surface area (Å²) in [5.74, 6) is 0. The third kappa shape index (κ3) is 9.13. The van der Waals surface area contributed by atoms with Crippen LogP contribution in [-0.2, 0) is 10.8 Å². The SMILES string of the molecule is Cc1ccc(N(c2ccc(C)cc2)c2ccc3c(c2)C2(c4cc(N(c5ccc(C)cc5)c5ccc(C)cc5)ccc4-3)c3cc(N(c4ccc(C)cc4)c4ccc(C)cc4)ccc3-c3ccc(C(C)(c4ccc(C)cc4)c4ccc(C)cc4)cc32)cc1. The Kier molecular flexibility index (Phi) is 13.4. The standard InChI is InChI=1S/C83H71N3/c1-54-10-26-62(27-11-54)82(9,63-28-12-55(2)13-29-63)64-30-46-74-75-47-43-71(84(65-31-14-56(3)15-32-65)66-33-16-57(4)17-34-66)51-79(75)83(78(74)50-64)80-52-72(85(67-35-18-58(5)19-36-67)68-37-20-59(6)21-38-68)44-48-76(80)77-49-45-73(53-81(77)83)86(69-39-22-60(7)23-40-69)70-41-24-61(8)25-42-70/h10-53H,1-9H3. The number of hydrogen-bond acceptors (Lipinski definition) is 3. The quantitative estimate of drug-likeness (QED) is 0.113. The first-order valence-corrected chi connectivity index (χ1v) is 30.3. The van der Waals surface area contributed by atoms with Crippen molar-refractivity contribution in [3.63, 3.8) is 0 Å². The molecular formula is C83H71N3. The van der Waals surface area contributed by atoms with Crippen molar-refractivity contribution in [2.24, 2.45) is 0 Å². The van der Waals surface area contributed by atoms with Gasteiger partial charge in [0.1, 0.15) is 0 Å². The second-order valence-electron chi connectivity index (χ2n) is 24.6. The van der Waals surface area contributed by atoms with Crippen LogP contribution in [0.3, 0.4) is 0 Å². The predicted octanol–water partition coefficient (Wildman–Crippen LogP) is 22.3. The molecule has 3 heteroatoms. The summed E-state index contributed by atoms with van der Waals surface area (Å²) in [5.41, 5.74) is 32.1. The van der Waals surface area contributed by atoms with Crippen LogP contribution in [0.25, 0.3) is 22.3 Å². The van der Waals surface area contributed by atoms with Gasteiger partial charge in [0.15, 0.2) is 0 Å². The Morgan fingerprint density at radius 2 is 0.395 bits per heavy atom. The Balaban J connectivity index is 1.11. The number of nitrogens with zero attached hydrogens (tertiary/aromatic N) is 3. The zero-order valence-electron chi connectivity index (χ0n) is 50.7. The lowest BCUT2D eigenvalue weighted by molar-refractivity contribution is 0.686. The van der Waals surface area contributed by atoms with Gasteiger partial charge in [0.2, 0.25) is 0 Å². The van der Waals surface area contributed by atoms with Crippen molar-refractivity contribution in [1.82, 2.24) is 0 Å². The first-order valence-electron chi connectivity index (χ1n) is 30.3. The number of rotatable bonds is 12. The molecule has 0 aromatic heterocycles. The number of aryl methyl sites for hydroxylation is 8. The third-order valence-electron chi connectivity index (χ3n) is 18.6. The molecule has 0 fully saturated rings. The van der Waals surface area contributed by atoms with Crippen LogP contribution in [0.15, 0.2) is 267 Å². The van der Waals surface area contributed by atoms with Gasteiger partial charge in [0.05, 0.1) is 5.41 Å². The fourth-order valence-corrected chi connectivity index (χ4v) is 13.7. The van der Waals surface area contributed by atoms with E-state index in [2.05, 4.69) is 344 Å². The fraction of sp³-hybridized carbons (Fsp3) is 0.133. The summed E-state index contributed by atoms with van der Waals surface area (Å²) < 4.78 is 0. The highest BCUT2D eigenvalue weighted by molar-refractivity contribution is 5.99. The lowest BCUT2D eigenvalue weighted by Crippen LogP contribution is -2.29. The predicted molar refractivity (Wildman–Crippen MR) is 363 cm³/mol. The van der Waals surface area contributed by atoms with Crippen molar-refractivity contribution in [1.29, 1.82) is 0 Å². The molecule has 0 saturated heterocycles. The molecule has 3 nitrogen and oxygen atoms in total. The Morgan fingerprint density at radius 1 is 0.209 bits per heavy atom. The van der Waals surface area contributed by atoms with E-state index in [1.807, 2.05) is 0 Å². The van der Waals surface area contributed by atoms with Crippen molar-refractivity contribution >= 4 is 51.2 Å². The molecule has 2 aliphatic carbocycles. The normalized spacial score (nSPS) is 12.6. The number of hydrogen-bond donors (Lipinski definition) is 0. The van der Waals surface area contributed by atoms with Crippen LogP contribution in [0.2, 0.25) is 0 Å². The summed E-state index contributed by atoms with van der Waals surface area (Å²) in [6, 6.07) is 102. The monoisotopic (exact) mass is 1110 g/mol. The van der Waals surface area contributed by atoms with E-state index in [0.29, 0.717) is 0 Å². The van der Waals surface area contributed by atoms with E-state index in [1.54, 1.807) is 0 Å². The molecule has 0 N–H and O–H groups in total. The van der Waals surface area contributed by atoms with E-state index in [4.69, 9.17) is 0 Å². The van der Waals surface area contributed by atoms with E-state index in [1.165, 1.54) is 106 Å². The van der Waals surface area contributed by atoms with Gasteiger partial charge in [-0.25, -0.2) is 0 Å². The summed E-state index contributed by atoms with van der Waals surface area (Å²) in [4.78, 5) is 7.34. The molecule has 0 heterocycles. The molecule has 0 saturated carbocycles. The lowest BCUT2D eigenvalue weighted by atomic mass is 9.67. The molecule has 0 bridgehead atoms. The molecule has 0 aliphatic heterocycles. The van der Waals surface area contributed by atoms with Crippen molar-refractivity contribution in [2.45, 2.75) is 73.1 Å². The second kappa shape index (κ2) is 21.3. The van der Waals surface area contributed by atoms with Gasteiger partial charge < -0.3 is 14.7 Å². The van der Waals surface area contributed by atoms with Gasteiger partial charge in [0, 0.05) is 56.6 Å². The van der Waals surface area contributed by atoms with Gasteiger partial charge in [-0.15, -0.1) is 0 Å². The summed E-state index contributed by atoms with van der Waals surface area (Å²) in [6.45, 7) is 19.8. The van der Waals surface area contributed by atoms with Crippen molar-refractivity contribution in [3.8, 4) is 22.3 Å². The third-order valence-corrected chi connectivity index (χ3v) is 18.6. The molecule has 2 aliphatic rings. The Labute approximate surface area is 508 Å². The largest absolute Gasteiger partial charge is 0.310 e. The Bertz CT molecular complexity index is 4020. The lowest BCUT2D eigenvalue weighted by Gasteiger charge is -2.36. The highest BCUT2D eigenvalue weighted by Crippen LogP contribution is 2.65. The molecule has 12 aromatic rings. The molecule has 0 radical (unpaired) electrons. The minimum absolute atomic E-state index is 0.527. The van der Waals surface area contributed by atoms with Crippen LogP contribution in [0.1, 0.15) is 90.4 Å². The summed E-state index contributed by atoms with van der Waals surface area (Å²) in [7, 11) is 0. The highest BCUT2D eigenvalue weighted by atomic mass is 15.2. The van der Waals surface area contributed by atoms with Crippen LogP contribution in [-0.4, -0.2) is 0 Å². The maximum absolute atomic E-state index is 2.61. The van der Waals surface area contributed by atoms with Gasteiger partial charge in [-0.2, -0.15) is 0 Å².